The lowest BCUT2D eigenvalue weighted by molar-refractivity contribution is 0.0518. The van der Waals surface area contributed by atoms with E-state index in [1.54, 1.807) is 44.2 Å². The Labute approximate surface area is 160 Å². The average Bonchev–Trinajstić information content (AvgIpc) is 2.61. The second-order valence-electron chi connectivity index (χ2n) is 6.99. The summed E-state index contributed by atoms with van der Waals surface area (Å²) in [6.45, 7) is 7.14. The van der Waals surface area contributed by atoms with E-state index >= 15 is 0 Å². The maximum atomic E-state index is 12.7. The van der Waals surface area contributed by atoms with Crippen molar-refractivity contribution in [3.8, 4) is 0 Å². The van der Waals surface area contributed by atoms with Crippen LogP contribution in [-0.2, 0) is 10.0 Å². The molecule has 0 fully saturated rings. The van der Waals surface area contributed by atoms with Crippen LogP contribution in [0.2, 0.25) is 0 Å². The zero-order chi connectivity index (χ0) is 20.2. The Balaban J connectivity index is 2.20. The van der Waals surface area contributed by atoms with Crippen LogP contribution in [0.4, 0.5) is 5.69 Å². The van der Waals surface area contributed by atoms with Crippen LogP contribution in [0, 0.1) is 13.8 Å². The molecule has 0 aliphatic rings. The van der Waals surface area contributed by atoms with E-state index in [1.165, 1.54) is 6.07 Å². The minimum atomic E-state index is -3.77. The monoisotopic (exact) mass is 390 g/mol. The van der Waals surface area contributed by atoms with Gasteiger partial charge in [-0.25, -0.2) is 8.42 Å². The Morgan fingerprint density at radius 1 is 1.15 bits per heavy atom. The molecule has 3 N–H and O–H groups in total. The Morgan fingerprint density at radius 3 is 2.52 bits per heavy atom. The van der Waals surface area contributed by atoms with Crippen molar-refractivity contribution in [2.24, 2.45) is 0 Å². The van der Waals surface area contributed by atoms with Crippen LogP contribution in [0.25, 0.3) is 0 Å². The third-order valence-electron chi connectivity index (χ3n) is 4.40. The number of hydrogen-bond donors (Lipinski definition) is 3. The van der Waals surface area contributed by atoms with Gasteiger partial charge >= 0.3 is 0 Å². The number of carbonyl (C=O) groups excluding carboxylic acids is 1. The average molecular weight is 391 g/mol. The highest BCUT2D eigenvalue weighted by Crippen LogP contribution is 2.21. The molecule has 1 atom stereocenters. The van der Waals surface area contributed by atoms with Crippen molar-refractivity contribution in [3.05, 3.63) is 59.2 Å². The first-order valence-corrected chi connectivity index (χ1v) is 10.2. The van der Waals surface area contributed by atoms with Gasteiger partial charge in [-0.3, -0.25) is 9.52 Å². The van der Waals surface area contributed by atoms with Gasteiger partial charge in [0.25, 0.3) is 15.9 Å². The van der Waals surface area contributed by atoms with Gasteiger partial charge in [-0.05, 0) is 62.6 Å². The van der Waals surface area contributed by atoms with Crippen molar-refractivity contribution >= 4 is 21.6 Å². The predicted molar refractivity (Wildman–Crippen MR) is 106 cm³/mol. The lowest BCUT2D eigenvalue weighted by Gasteiger charge is -2.21. The summed E-state index contributed by atoms with van der Waals surface area (Å²) in [6.07, 6.45) is 0.503. The molecule has 0 aliphatic carbocycles. The number of carbonyl (C=O) groups is 1. The topological polar surface area (TPSA) is 95.5 Å². The molecular formula is C20H26N2O4S. The first-order chi connectivity index (χ1) is 12.5. The molecule has 0 saturated carbocycles. The summed E-state index contributed by atoms with van der Waals surface area (Å²) in [4.78, 5) is 12.5. The number of aryl methyl sites for hydroxylation is 2. The lowest BCUT2D eigenvalue weighted by atomic mass is 10.0. The summed E-state index contributed by atoms with van der Waals surface area (Å²) in [5.74, 6) is -0.378. The second kappa shape index (κ2) is 8.10. The first-order valence-electron chi connectivity index (χ1n) is 8.75. The normalized spacial score (nSPS) is 13.7. The Kier molecular flexibility index (Phi) is 6.28. The van der Waals surface area contributed by atoms with Crippen LogP contribution in [0.1, 0.15) is 41.8 Å². The number of amides is 1. The molecule has 0 aromatic heterocycles. The van der Waals surface area contributed by atoms with Crippen molar-refractivity contribution in [1.29, 1.82) is 0 Å². The molecule has 0 spiro atoms. The van der Waals surface area contributed by atoms with Gasteiger partial charge in [-0.1, -0.05) is 25.1 Å². The summed E-state index contributed by atoms with van der Waals surface area (Å²) in [5.41, 5.74) is 1.10. The largest absolute Gasteiger partial charge is 0.388 e. The molecule has 7 heteroatoms. The van der Waals surface area contributed by atoms with Crippen molar-refractivity contribution in [1.82, 2.24) is 5.32 Å². The molecule has 2 rings (SSSR count). The fraction of sp³-hybridized carbons (Fsp3) is 0.350. The number of hydrogen-bond acceptors (Lipinski definition) is 4. The summed E-state index contributed by atoms with van der Waals surface area (Å²) in [5, 5.41) is 12.7. The number of nitrogens with one attached hydrogen (secondary N) is 2. The van der Waals surface area contributed by atoms with Crippen molar-refractivity contribution < 1.29 is 18.3 Å². The Morgan fingerprint density at radius 2 is 1.85 bits per heavy atom. The van der Waals surface area contributed by atoms with E-state index in [-0.39, 0.29) is 17.3 Å². The first kappa shape index (κ1) is 20.9. The van der Waals surface area contributed by atoms with E-state index in [9.17, 15) is 18.3 Å². The summed E-state index contributed by atoms with van der Waals surface area (Å²) >= 11 is 0. The van der Waals surface area contributed by atoms with Gasteiger partial charge in [0.15, 0.2) is 0 Å². The van der Waals surface area contributed by atoms with E-state index in [0.717, 1.165) is 5.56 Å². The van der Waals surface area contributed by atoms with Crippen LogP contribution in [-0.4, -0.2) is 31.6 Å². The highest BCUT2D eigenvalue weighted by molar-refractivity contribution is 7.92. The van der Waals surface area contributed by atoms with Crippen LogP contribution in [0.5, 0.6) is 0 Å². The smallest absolute Gasteiger partial charge is 0.262 e. The van der Waals surface area contributed by atoms with E-state index in [1.807, 2.05) is 19.9 Å². The molecule has 1 amide bonds. The molecule has 0 aliphatic heterocycles. The standard InChI is InChI=1S/C20H26N2O4S/c1-5-20(4,24)13-21-19(23)16-7-6-8-17(12-16)22-27(25,26)18-11-14(2)9-10-15(18)3/h6-12,22,24H,5,13H2,1-4H3,(H,21,23). The number of rotatable bonds is 7. The third-order valence-corrected chi connectivity index (χ3v) is 5.92. The minimum Gasteiger partial charge on any atom is -0.388 e. The van der Waals surface area contributed by atoms with Crippen molar-refractivity contribution in [3.63, 3.8) is 0 Å². The highest BCUT2D eigenvalue weighted by atomic mass is 32.2. The van der Waals surface area contributed by atoms with Gasteiger partial charge < -0.3 is 10.4 Å². The minimum absolute atomic E-state index is 0.112. The number of aliphatic hydroxyl groups is 1. The van der Waals surface area contributed by atoms with Crippen molar-refractivity contribution in [2.45, 2.75) is 44.6 Å². The fourth-order valence-corrected chi connectivity index (χ4v) is 3.81. The number of anilines is 1. The number of sulfonamides is 1. The van der Waals surface area contributed by atoms with Crippen LogP contribution >= 0.6 is 0 Å². The maximum Gasteiger partial charge on any atom is 0.262 e. The van der Waals surface area contributed by atoms with Gasteiger partial charge in [0.2, 0.25) is 0 Å². The predicted octanol–water partition coefficient (Wildman–Crippen LogP) is 3.00. The van der Waals surface area contributed by atoms with Gasteiger partial charge in [0.1, 0.15) is 0 Å². The molecule has 0 heterocycles. The summed E-state index contributed by atoms with van der Waals surface area (Å²) < 4.78 is 27.9. The van der Waals surface area contributed by atoms with Crippen molar-refractivity contribution in [2.75, 3.05) is 11.3 Å². The fourth-order valence-electron chi connectivity index (χ4n) is 2.43. The molecule has 6 nitrogen and oxygen atoms in total. The second-order valence-corrected chi connectivity index (χ2v) is 8.64. The molecule has 2 aromatic carbocycles. The molecule has 0 bridgehead atoms. The molecule has 27 heavy (non-hydrogen) atoms. The van der Waals surface area contributed by atoms with Gasteiger partial charge in [-0.15, -0.1) is 0 Å². The van der Waals surface area contributed by atoms with Gasteiger partial charge in [0.05, 0.1) is 10.5 Å². The van der Waals surface area contributed by atoms with E-state index in [2.05, 4.69) is 10.0 Å². The van der Waals surface area contributed by atoms with E-state index in [0.29, 0.717) is 23.2 Å². The Bertz CT molecular complexity index is 937. The summed E-state index contributed by atoms with van der Waals surface area (Å²) in [7, 11) is -3.77. The highest BCUT2D eigenvalue weighted by Gasteiger charge is 2.20. The maximum absolute atomic E-state index is 12.7. The van der Waals surface area contributed by atoms with Crippen LogP contribution < -0.4 is 10.0 Å². The molecule has 0 saturated heterocycles. The molecular weight excluding hydrogens is 364 g/mol. The quantitative estimate of drug-likeness (QED) is 0.677. The van der Waals surface area contributed by atoms with Gasteiger partial charge in [-0.2, -0.15) is 0 Å². The zero-order valence-electron chi connectivity index (χ0n) is 16.0. The SMILES string of the molecule is CCC(C)(O)CNC(=O)c1cccc(NS(=O)(=O)c2cc(C)ccc2C)c1. The van der Waals surface area contributed by atoms with Gasteiger partial charge in [0, 0.05) is 17.8 Å². The van der Waals surface area contributed by atoms with Crippen LogP contribution in [0.3, 0.4) is 0 Å². The van der Waals surface area contributed by atoms with E-state index in [4.69, 9.17) is 0 Å². The van der Waals surface area contributed by atoms with Crippen LogP contribution in [0.15, 0.2) is 47.4 Å². The number of benzene rings is 2. The Hall–Kier alpha value is -2.38. The molecule has 2 aromatic rings. The molecule has 146 valence electrons. The van der Waals surface area contributed by atoms with E-state index < -0.39 is 15.6 Å². The molecule has 0 radical (unpaired) electrons. The third kappa shape index (κ3) is 5.55. The zero-order valence-corrected chi connectivity index (χ0v) is 16.9. The molecule has 1 unspecified atom stereocenters. The lowest BCUT2D eigenvalue weighted by Crippen LogP contribution is -2.40. The summed E-state index contributed by atoms with van der Waals surface area (Å²) in [6, 6.07) is 11.5.